The van der Waals surface area contributed by atoms with Gasteiger partial charge in [0.2, 0.25) is 0 Å². The van der Waals surface area contributed by atoms with Crippen LogP contribution in [0, 0.1) is 12.8 Å². The average molecular weight is 581 g/mol. The maximum absolute atomic E-state index is 13.6. The smallest absolute Gasteiger partial charge is 0.295 e. The van der Waals surface area contributed by atoms with Crippen LogP contribution in [0.4, 0.5) is 0 Å². The van der Waals surface area contributed by atoms with E-state index in [0.717, 1.165) is 31.5 Å². The number of likely N-dealkylation sites (tertiary alicyclic amines) is 1. The van der Waals surface area contributed by atoms with Gasteiger partial charge in [-0.05, 0) is 67.1 Å². The number of morpholine rings is 1. The van der Waals surface area contributed by atoms with E-state index in [1.54, 1.807) is 42.3 Å². The Balaban J connectivity index is 1.73. The molecule has 0 aliphatic carbocycles. The van der Waals surface area contributed by atoms with E-state index >= 15 is 0 Å². The molecule has 2 aromatic rings. The zero-order chi connectivity index (χ0) is 30.2. The fourth-order valence-corrected chi connectivity index (χ4v) is 5.24. The van der Waals surface area contributed by atoms with Crippen molar-refractivity contribution in [1.82, 2.24) is 9.80 Å². The van der Waals surface area contributed by atoms with Crippen molar-refractivity contribution in [3.05, 3.63) is 58.7 Å². The van der Waals surface area contributed by atoms with Gasteiger partial charge >= 0.3 is 0 Å². The lowest BCUT2D eigenvalue weighted by atomic mass is 9.94. The van der Waals surface area contributed by atoms with Crippen LogP contribution < -0.4 is 14.2 Å². The van der Waals surface area contributed by atoms with Crippen LogP contribution in [-0.2, 0) is 14.3 Å². The summed E-state index contributed by atoms with van der Waals surface area (Å²) in [5, 5.41) is 11.6. The van der Waals surface area contributed by atoms with Crippen LogP contribution in [0.25, 0.3) is 5.76 Å². The zero-order valence-electron chi connectivity index (χ0n) is 25.5. The summed E-state index contributed by atoms with van der Waals surface area (Å²) < 4.78 is 22.9. The first-order valence-electron chi connectivity index (χ1n) is 14.9. The highest BCUT2D eigenvalue weighted by atomic mass is 16.5. The fraction of sp³-hybridized carbons (Fsp3) is 0.515. The van der Waals surface area contributed by atoms with E-state index in [0.29, 0.717) is 73.8 Å². The molecule has 1 amide bonds. The Kier molecular flexibility index (Phi) is 10.9. The molecule has 2 aromatic carbocycles. The van der Waals surface area contributed by atoms with Gasteiger partial charge in [-0.3, -0.25) is 14.5 Å². The Bertz CT molecular complexity index is 1280. The predicted octanol–water partition coefficient (Wildman–Crippen LogP) is 4.97. The molecule has 9 nitrogen and oxygen atoms in total. The molecule has 2 heterocycles. The Morgan fingerprint density at radius 2 is 1.71 bits per heavy atom. The van der Waals surface area contributed by atoms with Gasteiger partial charge in [0, 0.05) is 31.7 Å². The topological polar surface area (TPSA) is 97.8 Å². The van der Waals surface area contributed by atoms with Crippen LogP contribution in [0.15, 0.2) is 42.0 Å². The first kappa shape index (κ1) is 31.4. The second-order valence-corrected chi connectivity index (χ2v) is 11.2. The highest BCUT2D eigenvalue weighted by Gasteiger charge is 2.46. The number of ether oxygens (including phenoxy) is 4. The number of rotatable bonds is 13. The third-order valence-corrected chi connectivity index (χ3v) is 7.67. The van der Waals surface area contributed by atoms with E-state index in [2.05, 4.69) is 18.7 Å². The number of ketones is 1. The van der Waals surface area contributed by atoms with Crippen molar-refractivity contribution in [1.29, 1.82) is 0 Å². The molecule has 4 rings (SSSR count). The molecule has 0 bridgehead atoms. The molecule has 0 spiro atoms. The molecule has 2 aliphatic heterocycles. The number of amides is 1. The molecule has 0 radical (unpaired) electrons. The second kappa shape index (κ2) is 14.6. The van der Waals surface area contributed by atoms with Gasteiger partial charge in [-0.1, -0.05) is 26.8 Å². The number of Topliss-reactive ketones (excluding diaryl/α,β-unsaturated/α-hetero) is 1. The summed E-state index contributed by atoms with van der Waals surface area (Å²) in [7, 11) is 1.56. The summed E-state index contributed by atoms with van der Waals surface area (Å²) in [5.41, 5.74) is 1.99. The predicted molar refractivity (Wildman–Crippen MR) is 161 cm³/mol. The van der Waals surface area contributed by atoms with Crippen molar-refractivity contribution in [2.75, 3.05) is 59.7 Å². The third kappa shape index (κ3) is 7.25. The molecular formula is C33H44N2O7. The lowest BCUT2D eigenvalue weighted by molar-refractivity contribution is -0.140. The summed E-state index contributed by atoms with van der Waals surface area (Å²) in [6, 6.07) is 9.94. The van der Waals surface area contributed by atoms with Crippen molar-refractivity contribution in [2.45, 2.75) is 46.6 Å². The lowest BCUT2D eigenvalue weighted by Gasteiger charge is -2.31. The van der Waals surface area contributed by atoms with Gasteiger partial charge < -0.3 is 29.0 Å². The zero-order valence-corrected chi connectivity index (χ0v) is 25.5. The van der Waals surface area contributed by atoms with Crippen molar-refractivity contribution in [2.24, 2.45) is 5.92 Å². The highest BCUT2D eigenvalue weighted by molar-refractivity contribution is 6.46. The van der Waals surface area contributed by atoms with E-state index in [1.807, 2.05) is 19.9 Å². The largest absolute Gasteiger partial charge is 0.507 e. The molecule has 228 valence electrons. The van der Waals surface area contributed by atoms with E-state index in [-0.39, 0.29) is 11.3 Å². The number of aliphatic hydroxyl groups excluding tert-OH is 1. The first-order valence-corrected chi connectivity index (χ1v) is 14.9. The van der Waals surface area contributed by atoms with E-state index in [9.17, 15) is 14.7 Å². The van der Waals surface area contributed by atoms with E-state index < -0.39 is 17.7 Å². The summed E-state index contributed by atoms with van der Waals surface area (Å²) >= 11 is 0. The molecule has 1 unspecified atom stereocenters. The fourth-order valence-electron chi connectivity index (χ4n) is 5.24. The minimum Gasteiger partial charge on any atom is -0.507 e. The lowest BCUT2D eigenvalue weighted by Crippen LogP contribution is -2.42. The minimum absolute atomic E-state index is 0.0548. The Morgan fingerprint density at radius 3 is 2.38 bits per heavy atom. The maximum Gasteiger partial charge on any atom is 0.295 e. The van der Waals surface area contributed by atoms with Crippen molar-refractivity contribution >= 4 is 17.4 Å². The summed E-state index contributed by atoms with van der Waals surface area (Å²) in [4.78, 5) is 30.8. The molecule has 9 heteroatoms. The summed E-state index contributed by atoms with van der Waals surface area (Å²) in [5.74, 6) is 0.749. The number of carbonyl (C=O) groups excluding carboxylic acids is 2. The van der Waals surface area contributed by atoms with Gasteiger partial charge in [-0.15, -0.1) is 0 Å². The number of carbonyl (C=O) groups is 2. The third-order valence-electron chi connectivity index (χ3n) is 7.67. The quantitative estimate of drug-likeness (QED) is 0.202. The van der Waals surface area contributed by atoms with Gasteiger partial charge in [-0.25, -0.2) is 0 Å². The molecule has 1 N–H and O–H groups in total. The molecule has 2 saturated heterocycles. The Labute approximate surface area is 249 Å². The molecule has 0 aromatic heterocycles. The van der Waals surface area contributed by atoms with Crippen LogP contribution in [0.1, 0.15) is 56.3 Å². The first-order chi connectivity index (χ1) is 20.2. The number of aryl methyl sites for hydroxylation is 1. The van der Waals surface area contributed by atoms with Crippen LogP contribution >= 0.6 is 0 Å². The number of nitrogens with zero attached hydrogens (tertiary/aromatic N) is 2. The van der Waals surface area contributed by atoms with Gasteiger partial charge in [0.15, 0.2) is 11.5 Å². The number of benzene rings is 2. The number of methoxy groups -OCH3 is 1. The monoisotopic (exact) mass is 580 g/mol. The van der Waals surface area contributed by atoms with Gasteiger partial charge in [0.1, 0.15) is 11.5 Å². The Morgan fingerprint density at radius 1 is 1.00 bits per heavy atom. The normalized spacial score (nSPS) is 19.0. The SMILES string of the molecule is CCCOc1ccc(/C(O)=C2\C(=O)C(=O)N(CCN3CCOCC3)C2c2ccc(OCCC(C)C)c(OC)c2)cc1C. The van der Waals surface area contributed by atoms with Crippen molar-refractivity contribution < 1.29 is 33.6 Å². The Hall–Kier alpha value is -3.56. The van der Waals surface area contributed by atoms with Gasteiger partial charge in [-0.2, -0.15) is 0 Å². The number of hydrogen-bond donors (Lipinski definition) is 1. The average Bonchev–Trinajstić information content (AvgIpc) is 3.24. The van der Waals surface area contributed by atoms with Crippen LogP contribution in [0.5, 0.6) is 17.2 Å². The molecule has 42 heavy (non-hydrogen) atoms. The molecule has 2 fully saturated rings. The molecule has 1 atom stereocenters. The van der Waals surface area contributed by atoms with Gasteiger partial charge in [0.25, 0.3) is 11.7 Å². The summed E-state index contributed by atoms with van der Waals surface area (Å²) in [6.07, 6.45) is 1.77. The van der Waals surface area contributed by atoms with Crippen LogP contribution in [0.3, 0.4) is 0 Å². The van der Waals surface area contributed by atoms with Gasteiger partial charge in [0.05, 0.1) is 45.2 Å². The van der Waals surface area contributed by atoms with Crippen LogP contribution in [-0.4, -0.2) is 86.3 Å². The highest BCUT2D eigenvalue weighted by Crippen LogP contribution is 2.42. The standard InChI is InChI=1S/C33H44N2O7/c1-6-16-41-26-9-8-25(20-23(26)4)31(36)29-30(24-7-10-27(28(21-24)39-5)42-17-11-22(2)3)35(33(38)32(29)37)13-12-34-14-18-40-19-15-34/h7-10,20-22,30,36H,6,11-19H2,1-5H3/b31-29+. The number of aliphatic hydroxyl groups is 1. The second-order valence-electron chi connectivity index (χ2n) is 11.2. The van der Waals surface area contributed by atoms with Crippen LogP contribution in [0.2, 0.25) is 0 Å². The maximum atomic E-state index is 13.6. The van der Waals surface area contributed by atoms with E-state index in [1.165, 1.54) is 0 Å². The summed E-state index contributed by atoms with van der Waals surface area (Å²) in [6.45, 7) is 13.0. The van der Waals surface area contributed by atoms with E-state index in [4.69, 9.17) is 18.9 Å². The molecule has 0 saturated carbocycles. The van der Waals surface area contributed by atoms with Crippen molar-refractivity contribution in [3.63, 3.8) is 0 Å². The molecular weight excluding hydrogens is 536 g/mol. The van der Waals surface area contributed by atoms with Crippen molar-refractivity contribution in [3.8, 4) is 17.2 Å². The molecule has 2 aliphatic rings. The number of hydrogen-bond acceptors (Lipinski definition) is 8. The minimum atomic E-state index is -0.791.